The summed E-state index contributed by atoms with van der Waals surface area (Å²) in [5, 5.41) is 10.1. The van der Waals surface area contributed by atoms with Crippen molar-refractivity contribution in [2.75, 3.05) is 0 Å². The van der Waals surface area contributed by atoms with E-state index < -0.39 is 6.10 Å². The molecule has 0 aliphatic heterocycles. The number of aliphatic hydroxyl groups is 1. The lowest BCUT2D eigenvalue weighted by molar-refractivity contribution is 0.168. The van der Waals surface area contributed by atoms with Crippen molar-refractivity contribution in [1.82, 2.24) is 9.97 Å². The number of rotatable bonds is 3. The van der Waals surface area contributed by atoms with Gasteiger partial charge in [-0.2, -0.15) is 0 Å². The van der Waals surface area contributed by atoms with Gasteiger partial charge >= 0.3 is 0 Å². The van der Waals surface area contributed by atoms with E-state index in [0.717, 1.165) is 11.1 Å². The molecule has 0 fully saturated rings. The molecule has 0 saturated heterocycles. The minimum atomic E-state index is -0.642. The molecule has 1 aromatic heterocycles. The van der Waals surface area contributed by atoms with Crippen LogP contribution in [0.15, 0.2) is 36.7 Å². The number of aromatic nitrogens is 2. The first-order valence-electron chi connectivity index (χ1n) is 5.68. The van der Waals surface area contributed by atoms with Crippen LogP contribution in [-0.4, -0.2) is 15.1 Å². The number of aryl methyl sites for hydroxylation is 2. The molecule has 2 aromatic rings. The van der Waals surface area contributed by atoms with Crippen molar-refractivity contribution < 1.29 is 5.11 Å². The molecule has 17 heavy (non-hydrogen) atoms. The lowest BCUT2D eigenvalue weighted by Crippen LogP contribution is -2.07. The second-order valence-electron chi connectivity index (χ2n) is 4.27. The molecule has 1 atom stereocenters. The number of hydrogen-bond acceptors (Lipinski definition) is 3. The molecule has 3 nitrogen and oxygen atoms in total. The van der Waals surface area contributed by atoms with E-state index in [-0.39, 0.29) is 0 Å². The number of nitrogens with zero attached hydrogens (tertiary/aromatic N) is 2. The van der Waals surface area contributed by atoms with Gasteiger partial charge < -0.3 is 5.11 Å². The molecule has 0 aliphatic carbocycles. The Bertz CT molecular complexity index is 494. The van der Waals surface area contributed by atoms with E-state index in [9.17, 15) is 5.11 Å². The topological polar surface area (TPSA) is 46.0 Å². The third kappa shape index (κ3) is 2.88. The highest BCUT2D eigenvalue weighted by molar-refractivity contribution is 5.26. The van der Waals surface area contributed by atoms with Crippen LogP contribution in [0.2, 0.25) is 0 Å². The van der Waals surface area contributed by atoms with E-state index >= 15 is 0 Å². The molecular weight excluding hydrogens is 212 g/mol. The monoisotopic (exact) mass is 228 g/mol. The van der Waals surface area contributed by atoms with Gasteiger partial charge in [0.15, 0.2) is 5.82 Å². The first kappa shape index (κ1) is 11.7. The fourth-order valence-corrected chi connectivity index (χ4v) is 1.71. The molecule has 1 unspecified atom stereocenters. The van der Waals surface area contributed by atoms with Crippen molar-refractivity contribution in [3.8, 4) is 0 Å². The quantitative estimate of drug-likeness (QED) is 0.877. The van der Waals surface area contributed by atoms with Crippen LogP contribution in [0.1, 0.15) is 28.6 Å². The van der Waals surface area contributed by atoms with Gasteiger partial charge in [0, 0.05) is 18.8 Å². The number of hydrogen-bond donors (Lipinski definition) is 1. The van der Waals surface area contributed by atoms with Gasteiger partial charge in [-0.3, -0.25) is 0 Å². The van der Waals surface area contributed by atoms with Crippen LogP contribution >= 0.6 is 0 Å². The zero-order valence-corrected chi connectivity index (χ0v) is 10.1. The third-order valence-corrected chi connectivity index (χ3v) is 2.77. The van der Waals surface area contributed by atoms with E-state index in [1.807, 2.05) is 38.1 Å². The standard InChI is InChI=1S/C14H16N2O/c1-10-8-15-14(16-9-10)13(17)7-12-6-4-3-5-11(12)2/h3-6,8-9,13,17H,7H2,1-2H3. The van der Waals surface area contributed by atoms with E-state index in [2.05, 4.69) is 9.97 Å². The minimum absolute atomic E-state index is 0.485. The second kappa shape index (κ2) is 5.06. The first-order chi connectivity index (χ1) is 8.16. The Morgan fingerprint density at radius 2 is 1.76 bits per heavy atom. The Morgan fingerprint density at radius 3 is 2.41 bits per heavy atom. The molecule has 1 heterocycles. The van der Waals surface area contributed by atoms with Crippen LogP contribution in [0.5, 0.6) is 0 Å². The summed E-state index contributed by atoms with van der Waals surface area (Å²) in [6.07, 6.45) is 3.36. The maximum atomic E-state index is 10.1. The summed E-state index contributed by atoms with van der Waals surface area (Å²) < 4.78 is 0. The molecule has 0 aliphatic rings. The summed E-state index contributed by atoms with van der Waals surface area (Å²) in [4.78, 5) is 8.29. The highest BCUT2D eigenvalue weighted by atomic mass is 16.3. The summed E-state index contributed by atoms with van der Waals surface area (Å²) in [7, 11) is 0. The Balaban J connectivity index is 2.14. The van der Waals surface area contributed by atoms with Gasteiger partial charge in [0.1, 0.15) is 6.10 Å². The van der Waals surface area contributed by atoms with Gasteiger partial charge in [0.05, 0.1) is 0 Å². The second-order valence-corrected chi connectivity index (χ2v) is 4.27. The molecule has 0 spiro atoms. The van der Waals surface area contributed by atoms with E-state index in [0.29, 0.717) is 12.2 Å². The van der Waals surface area contributed by atoms with Gasteiger partial charge in [-0.1, -0.05) is 24.3 Å². The SMILES string of the molecule is Cc1cnc(C(O)Cc2ccccc2C)nc1. The fraction of sp³-hybridized carbons (Fsp3) is 0.286. The average molecular weight is 228 g/mol. The van der Waals surface area contributed by atoms with E-state index in [4.69, 9.17) is 0 Å². The van der Waals surface area contributed by atoms with E-state index in [1.165, 1.54) is 5.56 Å². The van der Waals surface area contributed by atoms with Gasteiger partial charge in [0.25, 0.3) is 0 Å². The normalized spacial score (nSPS) is 12.4. The highest BCUT2D eigenvalue weighted by Crippen LogP contribution is 2.17. The summed E-state index contributed by atoms with van der Waals surface area (Å²) in [6, 6.07) is 8.03. The van der Waals surface area contributed by atoms with Crippen LogP contribution < -0.4 is 0 Å². The van der Waals surface area contributed by atoms with Crippen LogP contribution in [0.3, 0.4) is 0 Å². The summed E-state index contributed by atoms with van der Waals surface area (Å²) >= 11 is 0. The summed E-state index contributed by atoms with van der Waals surface area (Å²) in [5.41, 5.74) is 3.31. The molecular formula is C14H16N2O. The minimum Gasteiger partial charge on any atom is -0.385 e. The lowest BCUT2D eigenvalue weighted by Gasteiger charge is -2.11. The van der Waals surface area contributed by atoms with Crippen molar-refractivity contribution in [3.05, 3.63) is 59.2 Å². The van der Waals surface area contributed by atoms with Crippen molar-refractivity contribution in [3.63, 3.8) is 0 Å². The molecule has 88 valence electrons. The summed E-state index contributed by atoms with van der Waals surface area (Å²) in [6.45, 7) is 3.97. The van der Waals surface area contributed by atoms with Crippen LogP contribution in [0.25, 0.3) is 0 Å². The van der Waals surface area contributed by atoms with Crippen molar-refractivity contribution in [1.29, 1.82) is 0 Å². The molecule has 2 rings (SSSR count). The molecule has 3 heteroatoms. The zero-order chi connectivity index (χ0) is 12.3. The molecule has 1 aromatic carbocycles. The number of aliphatic hydroxyl groups excluding tert-OH is 1. The first-order valence-corrected chi connectivity index (χ1v) is 5.68. The maximum Gasteiger partial charge on any atom is 0.157 e. The predicted octanol–water partition coefficient (Wildman–Crippen LogP) is 2.37. The zero-order valence-electron chi connectivity index (χ0n) is 10.1. The van der Waals surface area contributed by atoms with Gasteiger partial charge in [0.2, 0.25) is 0 Å². The van der Waals surface area contributed by atoms with Crippen LogP contribution in [0, 0.1) is 13.8 Å². The third-order valence-electron chi connectivity index (χ3n) is 2.77. The average Bonchev–Trinajstić information content (AvgIpc) is 2.33. The largest absolute Gasteiger partial charge is 0.385 e. The van der Waals surface area contributed by atoms with Crippen molar-refractivity contribution >= 4 is 0 Å². The van der Waals surface area contributed by atoms with Gasteiger partial charge in [-0.25, -0.2) is 9.97 Å². The predicted molar refractivity (Wildman–Crippen MR) is 66.6 cm³/mol. The highest BCUT2D eigenvalue weighted by Gasteiger charge is 2.12. The van der Waals surface area contributed by atoms with Crippen LogP contribution in [-0.2, 0) is 6.42 Å². The van der Waals surface area contributed by atoms with Gasteiger partial charge in [-0.15, -0.1) is 0 Å². The lowest BCUT2D eigenvalue weighted by atomic mass is 10.0. The Kier molecular flexibility index (Phi) is 3.49. The van der Waals surface area contributed by atoms with Gasteiger partial charge in [-0.05, 0) is 30.5 Å². The van der Waals surface area contributed by atoms with E-state index in [1.54, 1.807) is 12.4 Å². The molecule has 0 amide bonds. The van der Waals surface area contributed by atoms with Crippen molar-refractivity contribution in [2.24, 2.45) is 0 Å². The molecule has 1 N–H and O–H groups in total. The fourth-order valence-electron chi connectivity index (χ4n) is 1.71. The Hall–Kier alpha value is -1.74. The smallest absolute Gasteiger partial charge is 0.157 e. The Morgan fingerprint density at radius 1 is 1.12 bits per heavy atom. The summed E-state index contributed by atoms with van der Waals surface area (Å²) in [5.74, 6) is 0.485. The van der Waals surface area contributed by atoms with Crippen LogP contribution in [0.4, 0.5) is 0 Å². The number of benzene rings is 1. The molecule has 0 radical (unpaired) electrons. The maximum absolute atomic E-state index is 10.1. The van der Waals surface area contributed by atoms with Crippen molar-refractivity contribution in [2.45, 2.75) is 26.4 Å². The molecule has 0 bridgehead atoms. The Labute approximate surface area is 101 Å². The molecule has 0 saturated carbocycles.